The summed E-state index contributed by atoms with van der Waals surface area (Å²) in [6, 6.07) is 0. The highest BCUT2D eigenvalue weighted by atomic mass is 35.5. The molecule has 1 heterocycles. The molecule has 1 aliphatic heterocycles. The molecule has 0 spiro atoms. The smallest absolute Gasteiger partial charge is 0.259 e. The van der Waals surface area contributed by atoms with Crippen LogP contribution in [-0.4, -0.2) is 31.2 Å². The third-order valence-electron chi connectivity index (χ3n) is 2.18. The Labute approximate surface area is 90.2 Å². The van der Waals surface area contributed by atoms with E-state index in [1.807, 2.05) is 13.8 Å². The van der Waals surface area contributed by atoms with Crippen LogP contribution in [0.3, 0.4) is 0 Å². The quantitative estimate of drug-likeness (QED) is 0.748. The Balaban J connectivity index is 0.00000169. The average Bonchev–Trinajstić information content (AvgIpc) is 2.49. The van der Waals surface area contributed by atoms with Crippen LogP contribution in [0, 0.1) is 5.92 Å². The second-order valence-electron chi connectivity index (χ2n) is 4.00. The van der Waals surface area contributed by atoms with E-state index in [1.165, 1.54) is 0 Å². The zero-order valence-electron chi connectivity index (χ0n) is 8.60. The summed E-state index contributed by atoms with van der Waals surface area (Å²) in [5, 5.41) is 5.46. The summed E-state index contributed by atoms with van der Waals surface area (Å²) in [5.41, 5.74) is -1.67. The van der Waals surface area contributed by atoms with Crippen LogP contribution in [0.2, 0.25) is 0 Å². The number of hydrogen-bond donors (Lipinski definition) is 2. The van der Waals surface area contributed by atoms with Crippen molar-refractivity contribution in [3.8, 4) is 0 Å². The van der Waals surface area contributed by atoms with Gasteiger partial charge in [0.1, 0.15) is 0 Å². The molecule has 3 nitrogen and oxygen atoms in total. The molecule has 5 heteroatoms. The first-order valence-corrected chi connectivity index (χ1v) is 4.72. The van der Waals surface area contributed by atoms with E-state index in [0.29, 0.717) is 19.0 Å². The van der Waals surface area contributed by atoms with Crippen molar-refractivity contribution >= 4 is 18.3 Å². The third-order valence-corrected chi connectivity index (χ3v) is 2.18. The maximum absolute atomic E-state index is 13.7. The van der Waals surface area contributed by atoms with Crippen molar-refractivity contribution < 1.29 is 9.18 Å². The molecular weight excluding hydrogens is 207 g/mol. The Morgan fingerprint density at radius 1 is 1.64 bits per heavy atom. The molecule has 0 bridgehead atoms. The number of hydrogen-bond acceptors (Lipinski definition) is 2. The van der Waals surface area contributed by atoms with Gasteiger partial charge in [0, 0.05) is 19.5 Å². The van der Waals surface area contributed by atoms with Crippen LogP contribution in [0.5, 0.6) is 0 Å². The maximum Gasteiger partial charge on any atom is 0.259 e. The van der Waals surface area contributed by atoms with Crippen LogP contribution >= 0.6 is 12.4 Å². The second-order valence-corrected chi connectivity index (χ2v) is 4.00. The fraction of sp³-hybridized carbons (Fsp3) is 0.889. The van der Waals surface area contributed by atoms with Gasteiger partial charge in [-0.25, -0.2) is 4.39 Å². The van der Waals surface area contributed by atoms with Crippen LogP contribution in [-0.2, 0) is 4.79 Å². The van der Waals surface area contributed by atoms with Gasteiger partial charge >= 0.3 is 0 Å². The van der Waals surface area contributed by atoms with Crippen LogP contribution in [0.1, 0.15) is 20.3 Å². The Hall–Kier alpha value is -0.350. The molecular formula is C9H18ClFN2O. The van der Waals surface area contributed by atoms with E-state index >= 15 is 0 Å². The topological polar surface area (TPSA) is 41.1 Å². The fourth-order valence-electron chi connectivity index (χ4n) is 1.31. The molecule has 0 saturated carbocycles. The molecule has 84 valence electrons. The lowest BCUT2D eigenvalue weighted by Gasteiger charge is -2.18. The van der Waals surface area contributed by atoms with E-state index in [9.17, 15) is 9.18 Å². The van der Waals surface area contributed by atoms with Gasteiger partial charge in [-0.1, -0.05) is 13.8 Å². The van der Waals surface area contributed by atoms with Crippen molar-refractivity contribution in [2.75, 3.05) is 19.6 Å². The lowest BCUT2D eigenvalue weighted by Crippen LogP contribution is -2.45. The molecule has 1 amide bonds. The number of rotatable bonds is 3. The minimum absolute atomic E-state index is 0. The summed E-state index contributed by atoms with van der Waals surface area (Å²) in [4.78, 5) is 11.3. The van der Waals surface area contributed by atoms with Crippen molar-refractivity contribution in [2.45, 2.75) is 25.9 Å². The lowest BCUT2D eigenvalue weighted by atomic mass is 10.0. The summed E-state index contributed by atoms with van der Waals surface area (Å²) < 4.78 is 13.7. The minimum Gasteiger partial charge on any atom is -0.353 e. The van der Waals surface area contributed by atoms with Crippen molar-refractivity contribution in [1.29, 1.82) is 0 Å². The number of nitrogens with one attached hydrogen (secondary N) is 2. The van der Waals surface area contributed by atoms with Gasteiger partial charge in [-0.15, -0.1) is 12.4 Å². The molecule has 14 heavy (non-hydrogen) atoms. The van der Waals surface area contributed by atoms with Crippen molar-refractivity contribution in [3.63, 3.8) is 0 Å². The van der Waals surface area contributed by atoms with E-state index in [4.69, 9.17) is 0 Å². The molecule has 0 radical (unpaired) electrons. The number of halogens is 2. The van der Waals surface area contributed by atoms with Gasteiger partial charge in [-0.05, 0) is 12.5 Å². The van der Waals surface area contributed by atoms with E-state index in [-0.39, 0.29) is 25.4 Å². The zero-order valence-corrected chi connectivity index (χ0v) is 9.42. The summed E-state index contributed by atoms with van der Waals surface area (Å²) in [6.45, 7) is 5.25. The SMILES string of the molecule is CC(C)CNC(=O)C1(F)CCNC1.Cl. The van der Waals surface area contributed by atoms with E-state index in [0.717, 1.165) is 0 Å². The highest BCUT2D eigenvalue weighted by molar-refractivity contribution is 5.85. The number of carbonyl (C=O) groups is 1. The van der Waals surface area contributed by atoms with E-state index in [2.05, 4.69) is 10.6 Å². The Morgan fingerprint density at radius 3 is 2.71 bits per heavy atom. The first-order valence-electron chi connectivity index (χ1n) is 4.72. The highest BCUT2D eigenvalue weighted by Crippen LogP contribution is 2.19. The molecule has 1 saturated heterocycles. The standard InChI is InChI=1S/C9H17FN2O.ClH/c1-7(2)5-12-8(13)9(10)3-4-11-6-9;/h7,11H,3-6H2,1-2H3,(H,12,13);1H. The molecule has 0 aliphatic carbocycles. The third kappa shape index (κ3) is 3.42. The van der Waals surface area contributed by atoms with E-state index < -0.39 is 11.6 Å². The molecule has 0 aromatic carbocycles. The molecule has 1 aliphatic rings. The van der Waals surface area contributed by atoms with Crippen LogP contribution in [0.25, 0.3) is 0 Å². The van der Waals surface area contributed by atoms with Gasteiger partial charge in [-0.2, -0.15) is 0 Å². The predicted octanol–water partition coefficient (Wildman–Crippen LogP) is 0.882. The second kappa shape index (κ2) is 5.51. The van der Waals surface area contributed by atoms with Gasteiger partial charge in [0.05, 0.1) is 0 Å². The van der Waals surface area contributed by atoms with Gasteiger partial charge in [-0.3, -0.25) is 4.79 Å². The number of amides is 1. The summed E-state index contributed by atoms with van der Waals surface area (Å²) >= 11 is 0. The molecule has 0 aromatic heterocycles. The maximum atomic E-state index is 13.7. The first kappa shape index (κ1) is 13.7. The van der Waals surface area contributed by atoms with Gasteiger partial charge < -0.3 is 10.6 Å². The number of alkyl halides is 1. The summed E-state index contributed by atoms with van der Waals surface area (Å²) in [7, 11) is 0. The molecule has 1 fully saturated rings. The zero-order chi connectivity index (χ0) is 9.90. The Morgan fingerprint density at radius 2 is 2.29 bits per heavy atom. The van der Waals surface area contributed by atoms with E-state index in [1.54, 1.807) is 0 Å². The monoisotopic (exact) mass is 224 g/mol. The Kier molecular flexibility index (Phi) is 5.37. The van der Waals surface area contributed by atoms with Crippen molar-refractivity contribution in [1.82, 2.24) is 10.6 Å². The summed E-state index contributed by atoms with van der Waals surface area (Å²) in [6.07, 6.45) is 0.289. The predicted molar refractivity (Wildman–Crippen MR) is 56.4 cm³/mol. The van der Waals surface area contributed by atoms with Gasteiger partial charge in [0.25, 0.3) is 5.91 Å². The van der Waals surface area contributed by atoms with Gasteiger partial charge in [0.2, 0.25) is 5.67 Å². The largest absolute Gasteiger partial charge is 0.353 e. The van der Waals surface area contributed by atoms with Crippen LogP contribution < -0.4 is 10.6 Å². The minimum atomic E-state index is -1.67. The summed E-state index contributed by atoms with van der Waals surface area (Å²) in [5.74, 6) is -0.104. The molecule has 1 atom stereocenters. The normalized spacial score (nSPS) is 26.0. The fourth-order valence-corrected chi connectivity index (χ4v) is 1.31. The highest BCUT2D eigenvalue weighted by Gasteiger charge is 2.41. The van der Waals surface area contributed by atoms with Crippen molar-refractivity contribution in [2.24, 2.45) is 5.92 Å². The molecule has 0 aromatic rings. The molecule has 1 unspecified atom stereocenters. The van der Waals surface area contributed by atoms with Gasteiger partial charge in [0.15, 0.2) is 0 Å². The lowest BCUT2D eigenvalue weighted by molar-refractivity contribution is -0.131. The molecule has 1 rings (SSSR count). The van der Waals surface area contributed by atoms with Crippen LogP contribution in [0.4, 0.5) is 4.39 Å². The van der Waals surface area contributed by atoms with Crippen molar-refractivity contribution in [3.05, 3.63) is 0 Å². The number of carbonyl (C=O) groups excluding carboxylic acids is 1. The molecule has 2 N–H and O–H groups in total. The average molecular weight is 225 g/mol. The Bertz CT molecular complexity index is 193. The first-order chi connectivity index (χ1) is 6.04. The van der Waals surface area contributed by atoms with Crippen LogP contribution in [0.15, 0.2) is 0 Å².